The molecule has 1 rings (SSSR count). The van der Waals surface area contributed by atoms with Crippen LogP contribution in [0.4, 0.5) is 5.69 Å². The van der Waals surface area contributed by atoms with Crippen molar-refractivity contribution in [2.24, 2.45) is 0 Å². The first-order chi connectivity index (χ1) is 9.49. The normalized spacial score (nSPS) is 10.8. The van der Waals surface area contributed by atoms with Crippen molar-refractivity contribution in [3.8, 4) is 11.5 Å². The largest absolute Gasteiger partial charge is 0.493 e. The minimum Gasteiger partial charge on any atom is -0.493 e. The SMILES string of the molecule is COC(=O)C(C)=CCOc1cc([N+](=O)[O-])ccc1OC. The van der Waals surface area contributed by atoms with Crippen LogP contribution in [0.25, 0.3) is 0 Å². The number of nitro groups is 1. The average Bonchev–Trinajstić information content (AvgIpc) is 2.45. The summed E-state index contributed by atoms with van der Waals surface area (Å²) in [4.78, 5) is 21.3. The fourth-order valence-corrected chi connectivity index (χ4v) is 1.39. The molecule has 0 N–H and O–H groups in total. The Bertz CT molecular complexity index is 538. The standard InChI is InChI=1S/C13H15NO6/c1-9(13(15)19-3)6-7-20-12-8-10(14(16)17)4-5-11(12)18-2/h4-6,8H,7H2,1-3H3. The molecule has 0 fully saturated rings. The second kappa shape index (κ2) is 7.13. The van der Waals surface area contributed by atoms with Crippen LogP contribution in [0.3, 0.4) is 0 Å². The van der Waals surface area contributed by atoms with Crippen molar-refractivity contribution in [1.29, 1.82) is 0 Å². The van der Waals surface area contributed by atoms with E-state index in [9.17, 15) is 14.9 Å². The van der Waals surface area contributed by atoms with Crippen LogP contribution < -0.4 is 9.47 Å². The average molecular weight is 281 g/mol. The van der Waals surface area contributed by atoms with Crippen LogP contribution in [0.1, 0.15) is 6.92 Å². The van der Waals surface area contributed by atoms with Crippen molar-refractivity contribution in [3.05, 3.63) is 40.0 Å². The van der Waals surface area contributed by atoms with Gasteiger partial charge in [-0.25, -0.2) is 4.79 Å². The van der Waals surface area contributed by atoms with Crippen LogP contribution in [-0.2, 0) is 9.53 Å². The van der Waals surface area contributed by atoms with E-state index in [1.165, 1.54) is 38.5 Å². The number of hydrogen-bond donors (Lipinski definition) is 0. The van der Waals surface area contributed by atoms with Gasteiger partial charge in [-0.1, -0.05) is 0 Å². The van der Waals surface area contributed by atoms with E-state index in [0.717, 1.165) is 0 Å². The molecule has 0 unspecified atom stereocenters. The Labute approximate surface area is 115 Å². The van der Waals surface area contributed by atoms with Gasteiger partial charge >= 0.3 is 5.97 Å². The lowest BCUT2D eigenvalue weighted by Gasteiger charge is -2.09. The van der Waals surface area contributed by atoms with Gasteiger partial charge in [-0.3, -0.25) is 10.1 Å². The maximum absolute atomic E-state index is 11.2. The maximum atomic E-state index is 11.2. The fourth-order valence-electron chi connectivity index (χ4n) is 1.39. The predicted octanol–water partition coefficient (Wildman–Crippen LogP) is 2.10. The Morgan fingerprint density at radius 1 is 1.35 bits per heavy atom. The number of methoxy groups -OCH3 is 2. The van der Waals surface area contributed by atoms with Crippen molar-refractivity contribution in [3.63, 3.8) is 0 Å². The van der Waals surface area contributed by atoms with E-state index in [1.807, 2.05) is 0 Å². The molecule has 7 heteroatoms. The van der Waals surface area contributed by atoms with Crippen molar-refractivity contribution >= 4 is 11.7 Å². The third kappa shape index (κ3) is 3.98. The second-order valence-corrected chi connectivity index (χ2v) is 3.78. The molecule has 1 aromatic carbocycles. The van der Waals surface area contributed by atoms with Crippen LogP contribution in [0, 0.1) is 10.1 Å². The lowest BCUT2D eigenvalue weighted by molar-refractivity contribution is -0.385. The number of ether oxygens (including phenoxy) is 3. The van der Waals surface area contributed by atoms with Gasteiger partial charge in [-0.2, -0.15) is 0 Å². The lowest BCUT2D eigenvalue weighted by atomic mass is 10.2. The highest BCUT2D eigenvalue weighted by Crippen LogP contribution is 2.31. The van der Waals surface area contributed by atoms with Gasteiger partial charge in [0.1, 0.15) is 6.61 Å². The molecule has 0 heterocycles. The van der Waals surface area contributed by atoms with Gasteiger partial charge in [-0.15, -0.1) is 0 Å². The molecule has 0 radical (unpaired) electrons. The first-order valence-electron chi connectivity index (χ1n) is 5.70. The van der Waals surface area contributed by atoms with E-state index in [4.69, 9.17) is 9.47 Å². The van der Waals surface area contributed by atoms with Crippen LogP contribution in [0.2, 0.25) is 0 Å². The lowest BCUT2D eigenvalue weighted by Crippen LogP contribution is -2.04. The zero-order chi connectivity index (χ0) is 15.1. The van der Waals surface area contributed by atoms with Gasteiger partial charge in [0.2, 0.25) is 0 Å². The topological polar surface area (TPSA) is 87.9 Å². The summed E-state index contributed by atoms with van der Waals surface area (Å²) in [7, 11) is 2.72. The Morgan fingerprint density at radius 2 is 2.05 bits per heavy atom. The number of carbonyl (C=O) groups excluding carboxylic acids is 1. The van der Waals surface area contributed by atoms with Gasteiger partial charge < -0.3 is 14.2 Å². The molecule has 0 spiro atoms. The van der Waals surface area contributed by atoms with Crippen molar-refractivity contribution in [2.75, 3.05) is 20.8 Å². The molecule has 0 bridgehead atoms. The zero-order valence-electron chi connectivity index (χ0n) is 11.4. The molecule has 0 saturated carbocycles. The zero-order valence-corrected chi connectivity index (χ0v) is 11.4. The van der Waals surface area contributed by atoms with Crippen LogP contribution >= 0.6 is 0 Å². The Morgan fingerprint density at radius 3 is 2.60 bits per heavy atom. The van der Waals surface area contributed by atoms with Gasteiger partial charge in [0.25, 0.3) is 5.69 Å². The molecule has 20 heavy (non-hydrogen) atoms. The first-order valence-corrected chi connectivity index (χ1v) is 5.70. The van der Waals surface area contributed by atoms with Crippen molar-refractivity contribution in [1.82, 2.24) is 0 Å². The van der Waals surface area contributed by atoms with E-state index in [-0.39, 0.29) is 18.0 Å². The quantitative estimate of drug-likeness (QED) is 0.343. The van der Waals surface area contributed by atoms with Gasteiger partial charge in [-0.05, 0) is 19.1 Å². The Kier molecular flexibility index (Phi) is 5.52. The van der Waals surface area contributed by atoms with Crippen LogP contribution in [-0.4, -0.2) is 31.7 Å². The number of esters is 1. The summed E-state index contributed by atoms with van der Waals surface area (Å²) in [5.41, 5.74) is 0.284. The highest BCUT2D eigenvalue weighted by atomic mass is 16.6. The summed E-state index contributed by atoms with van der Waals surface area (Å²) in [6, 6.07) is 4.03. The van der Waals surface area contributed by atoms with Crippen molar-refractivity contribution in [2.45, 2.75) is 6.92 Å². The van der Waals surface area contributed by atoms with Gasteiger partial charge in [0, 0.05) is 11.6 Å². The molecular weight excluding hydrogens is 266 g/mol. The highest BCUT2D eigenvalue weighted by molar-refractivity contribution is 5.87. The predicted molar refractivity (Wildman–Crippen MR) is 70.9 cm³/mol. The number of rotatable bonds is 6. The third-order valence-corrected chi connectivity index (χ3v) is 2.49. The Hall–Kier alpha value is -2.57. The smallest absolute Gasteiger partial charge is 0.333 e. The molecule has 0 aliphatic carbocycles. The molecule has 0 aromatic heterocycles. The fraction of sp³-hybridized carbons (Fsp3) is 0.308. The molecule has 0 aliphatic rings. The Balaban J connectivity index is 2.83. The minimum absolute atomic E-state index is 0.0679. The maximum Gasteiger partial charge on any atom is 0.333 e. The van der Waals surface area contributed by atoms with Crippen molar-refractivity contribution < 1.29 is 23.9 Å². The van der Waals surface area contributed by atoms with E-state index in [1.54, 1.807) is 6.92 Å². The van der Waals surface area contributed by atoms with Gasteiger partial charge in [0.15, 0.2) is 11.5 Å². The second-order valence-electron chi connectivity index (χ2n) is 3.78. The molecule has 0 amide bonds. The molecule has 1 aromatic rings. The molecule has 7 nitrogen and oxygen atoms in total. The molecule has 0 saturated heterocycles. The first kappa shape index (κ1) is 15.5. The van der Waals surface area contributed by atoms with E-state index in [0.29, 0.717) is 11.3 Å². The van der Waals surface area contributed by atoms with E-state index >= 15 is 0 Å². The minimum atomic E-state index is -0.526. The molecule has 0 aliphatic heterocycles. The summed E-state index contributed by atoms with van der Waals surface area (Å²) in [6.07, 6.45) is 1.52. The summed E-state index contributed by atoms with van der Waals surface area (Å²) in [5.74, 6) is 0.148. The summed E-state index contributed by atoms with van der Waals surface area (Å²) < 4.78 is 15.0. The number of nitrogens with zero attached hydrogens (tertiary/aromatic N) is 1. The summed E-state index contributed by atoms with van der Waals surface area (Å²) >= 11 is 0. The molecular formula is C13H15NO6. The van der Waals surface area contributed by atoms with Gasteiger partial charge in [0.05, 0.1) is 25.2 Å². The summed E-state index contributed by atoms with van der Waals surface area (Å²) in [6.45, 7) is 1.65. The summed E-state index contributed by atoms with van der Waals surface area (Å²) in [5, 5.41) is 10.7. The monoisotopic (exact) mass is 281 g/mol. The van der Waals surface area contributed by atoms with Crippen LogP contribution in [0.15, 0.2) is 29.8 Å². The van der Waals surface area contributed by atoms with E-state index < -0.39 is 10.9 Å². The number of nitro benzene ring substituents is 1. The highest BCUT2D eigenvalue weighted by Gasteiger charge is 2.12. The van der Waals surface area contributed by atoms with Crippen LogP contribution in [0.5, 0.6) is 11.5 Å². The number of non-ortho nitro benzene ring substituents is 1. The molecule has 0 atom stereocenters. The number of carbonyl (C=O) groups is 1. The molecule has 108 valence electrons. The number of benzene rings is 1. The van der Waals surface area contributed by atoms with E-state index in [2.05, 4.69) is 4.74 Å². The third-order valence-electron chi connectivity index (χ3n) is 2.49. The number of hydrogen-bond acceptors (Lipinski definition) is 6.